The molecule has 0 saturated heterocycles. The number of halogens is 1. The van der Waals surface area contributed by atoms with Crippen molar-refractivity contribution in [2.75, 3.05) is 0 Å². The van der Waals surface area contributed by atoms with E-state index in [1.54, 1.807) is 6.08 Å². The molecule has 2 nitrogen and oxygen atoms in total. The van der Waals surface area contributed by atoms with Gasteiger partial charge in [-0.25, -0.2) is 0 Å². The summed E-state index contributed by atoms with van der Waals surface area (Å²) < 4.78 is 0. The Hall–Kier alpha value is -1.28. The summed E-state index contributed by atoms with van der Waals surface area (Å²) in [5, 5.41) is 3.50. The predicted molar refractivity (Wildman–Crippen MR) is 71.9 cm³/mol. The molecule has 0 unspecified atom stereocenters. The molecule has 1 amide bonds. The molecule has 1 rings (SSSR count). The number of nitrogens with one attached hydrogen (secondary N) is 1. The molecule has 92 valence electrons. The molecule has 0 aliphatic carbocycles. The summed E-state index contributed by atoms with van der Waals surface area (Å²) in [7, 11) is 0. The fraction of sp³-hybridized carbons (Fsp3) is 0.357. The third-order valence-corrected chi connectivity index (χ3v) is 2.47. The Balaban J connectivity index is 2.35. The van der Waals surface area contributed by atoms with E-state index in [0.29, 0.717) is 17.5 Å². The lowest BCUT2D eigenvalue weighted by molar-refractivity contribution is -0.116. The maximum atomic E-state index is 11.5. The molecule has 0 aromatic heterocycles. The van der Waals surface area contributed by atoms with Crippen molar-refractivity contribution in [3.05, 3.63) is 47.0 Å². The fourth-order valence-electron chi connectivity index (χ4n) is 1.34. The Labute approximate surface area is 108 Å². The standard InChI is InChI=1S/C14H18ClNO/c1-11(2)5-3-8-14(17)16-10-12-6-4-7-13(15)9-12/h3-4,6-9,11H,5,10H2,1-2H3,(H,16,17)/b8-3+. The number of carbonyl (C=O) groups is 1. The Kier molecular flexibility index (Phi) is 5.78. The van der Waals surface area contributed by atoms with Gasteiger partial charge in [0.05, 0.1) is 0 Å². The first kappa shape index (κ1) is 13.8. The van der Waals surface area contributed by atoms with Crippen LogP contribution in [0.3, 0.4) is 0 Å². The largest absolute Gasteiger partial charge is 0.348 e. The van der Waals surface area contributed by atoms with Crippen molar-refractivity contribution in [2.45, 2.75) is 26.8 Å². The lowest BCUT2D eigenvalue weighted by Crippen LogP contribution is -2.20. The normalized spacial score (nSPS) is 11.1. The molecule has 0 fully saturated rings. The van der Waals surface area contributed by atoms with E-state index < -0.39 is 0 Å². The number of carbonyl (C=O) groups excluding carboxylic acids is 1. The number of hydrogen-bond donors (Lipinski definition) is 1. The van der Waals surface area contributed by atoms with Crippen LogP contribution in [0.5, 0.6) is 0 Å². The molecular formula is C14H18ClNO. The van der Waals surface area contributed by atoms with Crippen LogP contribution in [0.2, 0.25) is 5.02 Å². The summed E-state index contributed by atoms with van der Waals surface area (Å²) in [4.78, 5) is 11.5. The Bertz CT molecular complexity index is 399. The first-order valence-electron chi connectivity index (χ1n) is 5.76. The Morgan fingerprint density at radius 2 is 2.24 bits per heavy atom. The second-order valence-corrected chi connectivity index (χ2v) is 4.82. The molecule has 0 bridgehead atoms. The summed E-state index contributed by atoms with van der Waals surface area (Å²) >= 11 is 5.85. The van der Waals surface area contributed by atoms with Gasteiger partial charge in [-0.3, -0.25) is 4.79 Å². The molecular weight excluding hydrogens is 234 g/mol. The Morgan fingerprint density at radius 1 is 1.47 bits per heavy atom. The van der Waals surface area contributed by atoms with Crippen LogP contribution >= 0.6 is 11.6 Å². The van der Waals surface area contributed by atoms with Crippen LogP contribution in [0.1, 0.15) is 25.8 Å². The van der Waals surface area contributed by atoms with Crippen molar-refractivity contribution in [1.29, 1.82) is 0 Å². The van der Waals surface area contributed by atoms with Gasteiger partial charge >= 0.3 is 0 Å². The fourth-order valence-corrected chi connectivity index (χ4v) is 1.56. The van der Waals surface area contributed by atoms with Gasteiger partial charge in [-0.05, 0) is 36.1 Å². The highest BCUT2D eigenvalue weighted by Crippen LogP contribution is 2.10. The van der Waals surface area contributed by atoms with E-state index in [1.165, 1.54) is 0 Å². The quantitative estimate of drug-likeness (QED) is 0.797. The number of hydrogen-bond acceptors (Lipinski definition) is 1. The van der Waals surface area contributed by atoms with Gasteiger partial charge in [0.15, 0.2) is 0 Å². The zero-order chi connectivity index (χ0) is 12.7. The van der Waals surface area contributed by atoms with Gasteiger partial charge in [0.1, 0.15) is 0 Å². The van der Waals surface area contributed by atoms with Crippen molar-refractivity contribution in [3.8, 4) is 0 Å². The highest BCUT2D eigenvalue weighted by atomic mass is 35.5. The van der Waals surface area contributed by atoms with Crippen molar-refractivity contribution < 1.29 is 4.79 Å². The molecule has 1 aromatic carbocycles. The molecule has 0 spiro atoms. The van der Waals surface area contributed by atoms with Gasteiger partial charge in [-0.2, -0.15) is 0 Å². The summed E-state index contributed by atoms with van der Waals surface area (Å²) in [5.74, 6) is 0.512. The molecule has 17 heavy (non-hydrogen) atoms. The van der Waals surface area contributed by atoms with Crippen LogP contribution < -0.4 is 5.32 Å². The molecule has 0 aliphatic heterocycles. The molecule has 3 heteroatoms. The minimum atomic E-state index is -0.0642. The van der Waals surface area contributed by atoms with Crippen LogP contribution in [-0.4, -0.2) is 5.91 Å². The minimum absolute atomic E-state index is 0.0642. The van der Waals surface area contributed by atoms with Crippen molar-refractivity contribution in [1.82, 2.24) is 5.32 Å². The maximum Gasteiger partial charge on any atom is 0.243 e. The van der Waals surface area contributed by atoms with Gasteiger partial charge in [0, 0.05) is 11.6 Å². The lowest BCUT2D eigenvalue weighted by atomic mass is 10.1. The average Bonchev–Trinajstić information content (AvgIpc) is 2.26. The lowest BCUT2D eigenvalue weighted by Gasteiger charge is -2.03. The monoisotopic (exact) mass is 251 g/mol. The number of allylic oxidation sites excluding steroid dienone is 1. The third kappa shape index (κ3) is 6.12. The first-order chi connectivity index (χ1) is 8.08. The summed E-state index contributed by atoms with van der Waals surface area (Å²) in [6.07, 6.45) is 4.41. The third-order valence-electron chi connectivity index (χ3n) is 2.23. The summed E-state index contributed by atoms with van der Waals surface area (Å²) in [6, 6.07) is 7.47. The average molecular weight is 252 g/mol. The molecule has 0 heterocycles. The smallest absolute Gasteiger partial charge is 0.243 e. The van der Waals surface area contributed by atoms with Crippen LogP contribution in [0, 0.1) is 5.92 Å². The molecule has 0 aliphatic rings. The van der Waals surface area contributed by atoms with Crippen molar-refractivity contribution in [3.63, 3.8) is 0 Å². The maximum absolute atomic E-state index is 11.5. The number of amides is 1. The Morgan fingerprint density at radius 3 is 2.88 bits per heavy atom. The number of benzene rings is 1. The zero-order valence-electron chi connectivity index (χ0n) is 10.2. The van der Waals surface area contributed by atoms with Gasteiger partial charge in [0.2, 0.25) is 5.91 Å². The van der Waals surface area contributed by atoms with E-state index >= 15 is 0 Å². The second kappa shape index (κ2) is 7.13. The van der Waals surface area contributed by atoms with Crippen LogP contribution in [0.4, 0.5) is 0 Å². The van der Waals surface area contributed by atoms with E-state index in [0.717, 1.165) is 12.0 Å². The predicted octanol–water partition coefficient (Wildman–Crippen LogP) is 3.56. The van der Waals surface area contributed by atoms with Gasteiger partial charge in [-0.1, -0.05) is 43.7 Å². The van der Waals surface area contributed by atoms with Crippen molar-refractivity contribution in [2.24, 2.45) is 5.92 Å². The molecule has 0 saturated carbocycles. The molecule has 1 N–H and O–H groups in total. The minimum Gasteiger partial charge on any atom is -0.348 e. The highest BCUT2D eigenvalue weighted by molar-refractivity contribution is 6.30. The molecule has 1 aromatic rings. The van der Waals surface area contributed by atoms with Gasteiger partial charge < -0.3 is 5.32 Å². The first-order valence-corrected chi connectivity index (χ1v) is 6.14. The topological polar surface area (TPSA) is 29.1 Å². The highest BCUT2D eigenvalue weighted by Gasteiger charge is 1.97. The summed E-state index contributed by atoms with van der Waals surface area (Å²) in [6.45, 7) is 4.74. The second-order valence-electron chi connectivity index (χ2n) is 4.38. The SMILES string of the molecule is CC(C)C/C=C/C(=O)NCc1cccc(Cl)c1. The van der Waals surface area contributed by atoms with E-state index in [-0.39, 0.29) is 5.91 Å². The van der Waals surface area contributed by atoms with Crippen molar-refractivity contribution >= 4 is 17.5 Å². The van der Waals surface area contributed by atoms with Gasteiger partial charge in [-0.15, -0.1) is 0 Å². The zero-order valence-corrected chi connectivity index (χ0v) is 11.0. The summed E-state index contributed by atoms with van der Waals surface area (Å²) in [5.41, 5.74) is 1.00. The molecule has 0 atom stereocenters. The van der Waals surface area contributed by atoms with Crippen LogP contribution in [-0.2, 0) is 11.3 Å². The van der Waals surface area contributed by atoms with E-state index in [1.807, 2.05) is 30.3 Å². The van der Waals surface area contributed by atoms with E-state index in [2.05, 4.69) is 19.2 Å². The number of rotatable bonds is 5. The van der Waals surface area contributed by atoms with E-state index in [9.17, 15) is 4.79 Å². The van der Waals surface area contributed by atoms with Crippen LogP contribution in [0.15, 0.2) is 36.4 Å². The van der Waals surface area contributed by atoms with Gasteiger partial charge in [0.25, 0.3) is 0 Å². The van der Waals surface area contributed by atoms with E-state index in [4.69, 9.17) is 11.6 Å². The van der Waals surface area contributed by atoms with Crippen LogP contribution in [0.25, 0.3) is 0 Å². The molecule has 0 radical (unpaired) electrons.